The Bertz CT molecular complexity index is 931. The Hall–Kier alpha value is -2.40. The third-order valence-electron chi connectivity index (χ3n) is 3.30. The maximum atomic E-state index is 12.3. The molecule has 1 heterocycles. The molecule has 5 heteroatoms. The maximum Gasteiger partial charge on any atom is 0.291 e. The van der Waals surface area contributed by atoms with Crippen molar-refractivity contribution in [3.8, 4) is 0 Å². The molecule has 110 valence electrons. The zero-order valence-electron chi connectivity index (χ0n) is 11.7. The van der Waals surface area contributed by atoms with Gasteiger partial charge in [-0.05, 0) is 42.8 Å². The van der Waals surface area contributed by atoms with Crippen molar-refractivity contribution in [1.82, 2.24) is 0 Å². The van der Waals surface area contributed by atoms with Crippen molar-refractivity contribution in [1.29, 1.82) is 0 Å². The van der Waals surface area contributed by atoms with Crippen LogP contribution < -0.4 is 10.7 Å². The number of halogens is 1. The normalized spacial score (nSPS) is 10.6. The lowest BCUT2D eigenvalue weighted by Crippen LogP contribution is -2.15. The number of anilines is 1. The standard InChI is InChI=1S/C17H12BrNO3/c1-10-8-11(18)6-7-13(10)19-17(21)16-9-14(20)12-4-2-3-5-15(12)22-16/h2-9H,1H3,(H,19,21). The van der Waals surface area contributed by atoms with Crippen LogP contribution in [0.2, 0.25) is 0 Å². The fraction of sp³-hybridized carbons (Fsp3) is 0.0588. The second-order valence-corrected chi connectivity index (χ2v) is 5.80. The summed E-state index contributed by atoms with van der Waals surface area (Å²) in [4.78, 5) is 24.3. The molecule has 3 rings (SSSR count). The number of carbonyl (C=O) groups is 1. The molecule has 4 nitrogen and oxygen atoms in total. The average molecular weight is 358 g/mol. The Kier molecular flexibility index (Phi) is 3.81. The third-order valence-corrected chi connectivity index (χ3v) is 3.79. The number of benzene rings is 2. The van der Waals surface area contributed by atoms with Gasteiger partial charge in [0.2, 0.25) is 0 Å². The Morgan fingerprint density at radius 3 is 2.68 bits per heavy atom. The highest BCUT2D eigenvalue weighted by Crippen LogP contribution is 2.21. The number of hydrogen-bond acceptors (Lipinski definition) is 3. The highest BCUT2D eigenvalue weighted by molar-refractivity contribution is 9.10. The molecule has 0 fully saturated rings. The minimum atomic E-state index is -0.451. The van der Waals surface area contributed by atoms with Crippen LogP contribution in [0.4, 0.5) is 5.69 Å². The van der Waals surface area contributed by atoms with E-state index in [-0.39, 0.29) is 11.2 Å². The Balaban J connectivity index is 1.97. The highest BCUT2D eigenvalue weighted by atomic mass is 79.9. The monoisotopic (exact) mass is 357 g/mol. The smallest absolute Gasteiger partial charge is 0.291 e. The Morgan fingerprint density at radius 2 is 1.91 bits per heavy atom. The summed E-state index contributed by atoms with van der Waals surface area (Å²) in [6.45, 7) is 1.89. The fourth-order valence-corrected chi connectivity index (χ4v) is 2.64. The molecule has 1 aromatic heterocycles. The molecule has 1 N–H and O–H groups in total. The SMILES string of the molecule is Cc1cc(Br)ccc1NC(=O)c1cc(=O)c2ccccc2o1. The molecule has 0 saturated carbocycles. The van der Waals surface area contributed by atoms with Gasteiger partial charge in [-0.3, -0.25) is 9.59 Å². The first kappa shape index (κ1) is 14.5. The van der Waals surface area contributed by atoms with Gasteiger partial charge in [0.1, 0.15) is 5.58 Å². The van der Waals surface area contributed by atoms with E-state index >= 15 is 0 Å². The van der Waals surface area contributed by atoms with Crippen molar-refractivity contribution in [2.24, 2.45) is 0 Å². The largest absolute Gasteiger partial charge is 0.451 e. The van der Waals surface area contributed by atoms with Crippen LogP contribution in [0.25, 0.3) is 11.0 Å². The Labute approximate surface area is 134 Å². The van der Waals surface area contributed by atoms with Crippen LogP contribution in [-0.4, -0.2) is 5.91 Å². The number of nitrogens with one attached hydrogen (secondary N) is 1. The van der Waals surface area contributed by atoms with Gasteiger partial charge >= 0.3 is 0 Å². The summed E-state index contributed by atoms with van der Waals surface area (Å²) in [5.41, 5.74) is 1.74. The highest BCUT2D eigenvalue weighted by Gasteiger charge is 2.13. The molecule has 0 aliphatic rings. The molecule has 0 bridgehead atoms. The number of para-hydroxylation sites is 1. The second-order valence-electron chi connectivity index (χ2n) is 4.88. The average Bonchev–Trinajstić information content (AvgIpc) is 2.50. The van der Waals surface area contributed by atoms with E-state index in [0.29, 0.717) is 16.7 Å². The molecular formula is C17H12BrNO3. The Morgan fingerprint density at radius 1 is 1.14 bits per heavy atom. The van der Waals surface area contributed by atoms with Crippen molar-refractivity contribution >= 4 is 38.5 Å². The van der Waals surface area contributed by atoms with Gasteiger partial charge in [0.05, 0.1) is 5.39 Å². The van der Waals surface area contributed by atoms with Gasteiger partial charge in [0.25, 0.3) is 5.91 Å². The summed E-state index contributed by atoms with van der Waals surface area (Å²) in [6.07, 6.45) is 0. The number of amides is 1. The lowest BCUT2D eigenvalue weighted by molar-refractivity contribution is 0.0997. The number of hydrogen-bond donors (Lipinski definition) is 1. The summed E-state index contributed by atoms with van der Waals surface area (Å²) >= 11 is 3.37. The van der Waals surface area contributed by atoms with Gasteiger partial charge in [-0.25, -0.2) is 0 Å². The summed E-state index contributed by atoms with van der Waals surface area (Å²) in [6, 6.07) is 13.6. The molecule has 1 amide bonds. The fourth-order valence-electron chi connectivity index (χ4n) is 2.17. The molecule has 0 atom stereocenters. The number of carbonyl (C=O) groups excluding carboxylic acids is 1. The summed E-state index contributed by atoms with van der Waals surface area (Å²) in [7, 11) is 0. The van der Waals surface area contributed by atoms with E-state index in [0.717, 1.165) is 10.0 Å². The van der Waals surface area contributed by atoms with Crippen molar-refractivity contribution in [2.45, 2.75) is 6.92 Å². The van der Waals surface area contributed by atoms with Gasteiger partial charge in [-0.1, -0.05) is 28.1 Å². The first-order chi connectivity index (χ1) is 10.5. The van der Waals surface area contributed by atoms with Gasteiger partial charge < -0.3 is 9.73 Å². The van der Waals surface area contributed by atoms with Gasteiger partial charge in [-0.2, -0.15) is 0 Å². The minimum Gasteiger partial charge on any atom is -0.451 e. The molecule has 0 radical (unpaired) electrons. The summed E-state index contributed by atoms with van der Waals surface area (Å²) in [5.74, 6) is -0.459. The van der Waals surface area contributed by atoms with Crippen LogP contribution in [-0.2, 0) is 0 Å². The third kappa shape index (κ3) is 2.80. The topological polar surface area (TPSA) is 59.3 Å². The van der Waals surface area contributed by atoms with Crippen LogP contribution in [0.3, 0.4) is 0 Å². The van der Waals surface area contributed by atoms with E-state index in [4.69, 9.17) is 4.42 Å². The predicted octanol–water partition coefficient (Wildman–Crippen LogP) is 4.12. The van der Waals surface area contributed by atoms with Crippen molar-refractivity contribution in [2.75, 3.05) is 5.32 Å². The molecular weight excluding hydrogens is 346 g/mol. The lowest BCUT2D eigenvalue weighted by atomic mass is 10.2. The molecule has 0 aliphatic heterocycles. The van der Waals surface area contributed by atoms with Crippen LogP contribution in [0.15, 0.2) is 62.2 Å². The summed E-state index contributed by atoms with van der Waals surface area (Å²) in [5, 5.41) is 3.21. The van der Waals surface area contributed by atoms with Crippen LogP contribution in [0.1, 0.15) is 16.1 Å². The van der Waals surface area contributed by atoms with Crippen LogP contribution in [0.5, 0.6) is 0 Å². The lowest BCUT2D eigenvalue weighted by Gasteiger charge is -2.08. The van der Waals surface area contributed by atoms with Crippen LogP contribution in [0, 0.1) is 6.92 Å². The van der Waals surface area contributed by atoms with Crippen molar-refractivity contribution in [3.05, 3.63) is 74.6 Å². The van der Waals surface area contributed by atoms with Gasteiger partial charge in [-0.15, -0.1) is 0 Å². The van der Waals surface area contributed by atoms with Gasteiger partial charge in [0, 0.05) is 16.2 Å². The quantitative estimate of drug-likeness (QED) is 0.750. The molecule has 3 aromatic rings. The molecule has 0 spiro atoms. The van der Waals surface area contributed by atoms with E-state index in [9.17, 15) is 9.59 Å². The van der Waals surface area contributed by atoms with Gasteiger partial charge in [0.15, 0.2) is 11.2 Å². The molecule has 0 aliphatic carbocycles. The minimum absolute atomic E-state index is 0.00832. The van der Waals surface area contributed by atoms with E-state index in [2.05, 4.69) is 21.2 Å². The number of rotatable bonds is 2. The number of aryl methyl sites for hydroxylation is 1. The van der Waals surface area contributed by atoms with Crippen LogP contribution >= 0.6 is 15.9 Å². The van der Waals surface area contributed by atoms with E-state index in [1.807, 2.05) is 19.1 Å². The van der Waals surface area contributed by atoms with E-state index in [1.165, 1.54) is 6.07 Å². The molecule has 2 aromatic carbocycles. The zero-order chi connectivity index (χ0) is 15.7. The maximum absolute atomic E-state index is 12.3. The zero-order valence-corrected chi connectivity index (χ0v) is 13.3. The first-order valence-corrected chi connectivity index (χ1v) is 7.44. The predicted molar refractivity (Wildman–Crippen MR) is 89.3 cm³/mol. The molecule has 0 saturated heterocycles. The van der Waals surface area contributed by atoms with Crippen molar-refractivity contribution in [3.63, 3.8) is 0 Å². The number of fused-ring (bicyclic) bond motifs is 1. The first-order valence-electron chi connectivity index (χ1n) is 6.65. The second kappa shape index (κ2) is 5.77. The van der Waals surface area contributed by atoms with E-state index < -0.39 is 5.91 Å². The van der Waals surface area contributed by atoms with E-state index in [1.54, 1.807) is 30.3 Å². The molecule has 22 heavy (non-hydrogen) atoms. The van der Waals surface area contributed by atoms with Crippen molar-refractivity contribution < 1.29 is 9.21 Å². The summed E-state index contributed by atoms with van der Waals surface area (Å²) < 4.78 is 6.45. The molecule has 0 unspecified atom stereocenters.